The van der Waals surface area contributed by atoms with E-state index < -0.39 is 12.1 Å². The van der Waals surface area contributed by atoms with E-state index in [0.29, 0.717) is 30.0 Å². The molecule has 0 fully saturated rings. The number of fused-ring (bicyclic) bond motifs is 1. The molecule has 0 aliphatic heterocycles. The molecular formula is C26H37N3O4. The zero-order chi connectivity index (χ0) is 24.3. The van der Waals surface area contributed by atoms with Gasteiger partial charge in [-0.05, 0) is 55.7 Å². The van der Waals surface area contributed by atoms with Crippen LogP contribution in [0.5, 0.6) is 5.75 Å². The quantitative estimate of drug-likeness (QED) is 0.468. The zero-order valence-electron chi connectivity index (χ0n) is 20.6. The lowest BCUT2D eigenvalue weighted by atomic mass is 9.75. The number of rotatable bonds is 8. The van der Waals surface area contributed by atoms with E-state index in [9.17, 15) is 14.7 Å². The number of carbonyl (C=O) groups excluding carboxylic acids is 2. The first-order chi connectivity index (χ1) is 15.6. The Labute approximate surface area is 196 Å². The second kappa shape index (κ2) is 10.00. The van der Waals surface area contributed by atoms with Gasteiger partial charge in [0.25, 0.3) is 5.91 Å². The van der Waals surface area contributed by atoms with Gasteiger partial charge < -0.3 is 25.5 Å². The van der Waals surface area contributed by atoms with Gasteiger partial charge in [0.1, 0.15) is 17.5 Å². The number of aromatic nitrogens is 1. The smallest absolute Gasteiger partial charge is 0.268 e. The number of para-hydroxylation sites is 1. The molecule has 7 nitrogen and oxygen atoms in total. The van der Waals surface area contributed by atoms with Gasteiger partial charge in [-0.15, -0.1) is 0 Å². The van der Waals surface area contributed by atoms with Crippen LogP contribution < -0.4 is 15.4 Å². The number of ether oxygens (including phenoxy) is 1. The number of hydrogen-bond donors (Lipinski definition) is 4. The normalized spacial score (nSPS) is 17.7. The van der Waals surface area contributed by atoms with Gasteiger partial charge in [0, 0.05) is 11.3 Å². The lowest BCUT2D eigenvalue weighted by molar-refractivity contribution is -0.118. The molecule has 0 saturated heterocycles. The lowest BCUT2D eigenvalue weighted by Gasteiger charge is -2.33. The molecule has 33 heavy (non-hydrogen) atoms. The minimum absolute atomic E-state index is 0.0480. The van der Waals surface area contributed by atoms with Gasteiger partial charge in [0.15, 0.2) is 0 Å². The molecule has 2 unspecified atom stereocenters. The summed E-state index contributed by atoms with van der Waals surface area (Å²) in [5, 5.41) is 16.5. The third-order valence-corrected chi connectivity index (χ3v) is 6.51. The van der Waals surface area contributed by atoms with Gasteiger partial charge in [0.05, 0.1) is 18.9 Å². The van der Waals surface area contributed by atoms with Crippen molar-refractivity contribution in [1.29, 1.82) is 0 Å². The Morgan fingerprint density at radius 1 is 1.30 bits per heavy atom. The van der Waals surface area contributed by atoms with Crippen molar-refractivity contribution in [2.24, 2.45) is 5.41 Å². The number of aliphatic hydroxyl groups excluding tert-OH is 1. The molecule has 1 heterocycles. The number of aryl methyl sites for hydroxylation is 1. The molecule has 2 aromatic rings. The molecule has 0 bridgehead atoms. The van der Waals surface area contributed by atoms with E-state index in [1.807, 2.05) is 32.9 Å². The number of benzene rings is 1. The second-order valence-electron chi connectivity index (χ2n) is 9.89. The predicted octanol–water partition coefficient (Wildman–Crippen LogP) is 4.57. The van der Waals surface area contributed by atoms with Gasteiger partial charge in [-0.25, -0.2) is 0 Å². The van der Waals surface area contributed by atoms with Gasteiger partial charge >= 0.3 is 0 Å². The number of methoxy groups -OCH3 is 1. The van der Waals surface area contributed by atoms with Crippen molar-refractivity contribution in [2.75, 3.05) is 12.4 Å². The summed E-state index contributed by atoms with van der Waals surface area (Å²) in [6.07, 6.45) is 3.05. The molecule has 1 aliphatic rings. The maximum atomic E-state index is 13.2. The molecule has 4 N–H and O–H groups in total. The lowest BCUT2D eigenvalue weighted by Crippen LogP contribution is -2.44. The number of carbonyl (C=O) groups is 2. The highest BCUT2D eigenvalue weighted by molar-refractivity contribution is 6.02. The van der Waals surface area contributed by atoms with Crippen molar-refractivity contribution >= 4 is 17.5 Å². The molecule has 3 rings (SSSR count). The Bertz CT molecular complexity index is 1020. The number of aliphatic hydroxyl groups is 1. The second-order valence-corrected chi connectivity index (χ2v) is 9.89. The van der Waals surface area contributed by atoms with Crippen molar-refractivity contribution in [3.63, 3.8) is 0 Å². The molecule has 0 spiro atoms. The van der Waals surface area contributed by atoms with Crippen LogP contribution in [-0.2, 0) is 11.2 Å². The fourth-order valence-corrected chi connectivity index (χ4v) is 4.76. The molecule has 7 heteroatoms. The van der Waals surface area contributed by atoms with Crippen LogP contribution in [0, 0.1) is 19.3 Å². The van der Waals surface area contributed by atoms with Gasteiger partial charge in [-0.3, -0.25) is 9.59 Å². The third kappa shape index (κ3) is 5.41. The first kappa shape index (κ1) is 24.8. The maximum absolute atomic E-state index is 13.2. The van der Waals surface area contributed by atoms with Crippen LogP contribution in [0.25, 0.3) is 0 Å². The van der Waals surface area contributed by atoms with Gasteiger partial charge in [0.2, 0.25) is 5.91 Å². The number of aromatic amines is 1. The molecule has 2 amide bonds. The van der Waals surface area contributed by atoms with Crippen LogP contribution >= 0.6 is 0 Å². The molecule has 1 aliphatic carbocycles. The van der Waals surface area contributed by atoms with E-state index in [2.05, 4.69) is 29.5 Å². The molecule has 0 saturated carbocycles. The van der Waals surface area contributed by atoms with E-state index in [-0.39, 0.29) is 17.2 Å². The number of hydrogen-bond acceptors (Lipinski definition) is 4. The van der Waals surface area contributed by atoms with Gasteiger partial charge in [-0.1, -0.05) is 45.7 Å². The molecule has 2 atom stereocenters. The molecule has 1 aromatic heterocycles. The van der Waals surface area contributed by atoms with E-state index in [1.54, 1.807) is 13.2 Å². The topological polar surface area (TPSA) is 103 Å². The van der Waals surface area contributed by atoms with Crippen molar-refractivity contribution in [3.05, 3.63) is 46.3 Å². The van der Waals surface area contributed by atoms with Crippen LogP contribution in [0.15, 0.2) is 18.2 Å². The Morgan fingerprint density at radius 3 is 2.70 bits per heavy atom. The predicted molar refractivity (Wildman–Crippen MR) is 130 cm³/mol. The Balaban J connectivity index is 1.83. The summed E-state index contributed by atoms with van der Waals surface area (Å²) >= 11 is 0. The van der Waals surface area contributed by atoms with E-state index in [0.717, 1.165) is 41.6 Å². The molecule has 180 valence electrons. The van der Waals surface area contributed by atoms with Crippen molar-refractivity contribution < 1.29 is 19.4 Å². The summed E-state index contributed by atoms with van der Waals surface area (Å²) in [5.41, 5.74) is 4.33. The monoisotopic (exact) mass is 455 g/mol. The number of nitrogens with one attached hydrogen (secondary N) is 3. The Hall–Kier alpha value is -2.80. The van der Waals surface area contributed by atoms with Crippen LogP contribution in [0.3, 0.4) is 0 Å². The van der Waals surface area contributed by atoms with E-state index in [4.69, 9.17) is 4.74 Å². The fourth-order valence-electron chi connectivity index (χ4n) is 4.76. The number of unbranched alkanes of at least 4 members (excludes halogenated alkanes) is 1. The Morgan fingerprint density at radius 2 is 2.03 bits per heavy atom. The van der Waals surface area contributed by atoms with Crippen LogP contribution in [-0.4, -0.2) is 35.1 Å². The standard InChI is InChI=1S/C26H37N3O4/c1-7-8-11-17(24(31)29-22-15(2)10-9-12-20(22)33-6)28-25(32)23-16(3)21-18(27-23)13-26(4,5)14-19(21)30/h9-10,12,17,19,27,30H,7-8,11,13-14H2,1-6H3,(H,28,32)(H,29,31). The summed E-state index contributed by atoms with van der Waals surface area (Å²) in [7, 11) is 1.56. The summed E-state index contributed by atoms with van der Waals surface area (Å²) in [6.45, 7) is 10.0. The fraction of sp³-hybridized carbons (Fsp3) is 0.538. The largest absolute Gasteiger partial charge is 0.495 e. The summed E-state index contributed by atoms with van der Waals surface area (Å²) in [5.74, 6) is -0.0344. The number of anilines is 1. The molecular weight excluding hydrogens is 418 g/mol. The first-order valence-corrected chi connectivity index (χ1v) is 11.7. The van der Waals surface area contributed by atoms with Crippen molar-refractivity contribution in [2.45, 2.75) is 78.9 Å². The minimum Gasteiger partial charge on any atom is -0.495 e. The molecule has 1 aromatic carbocycles. The highest BCUT2D eigenvalue weighted by Crippen LogP contribution is 2.42. The average molecular weight is 456 g/mol. The number of H-pyrrole nitrogens is 1. The summed E-state index contributed by atoms with van der Waals surface area (Å²) < 4.78 is 5.40. The first-order valence-electron chi connectivity index (χ1n) is 11.7. The van der Waals surface area contributed by atoms with E-state index in [1.165, 1.54) is 0 Å². The van der Waals surface area contributed by atoms with Crippen molar-refractivity contribution in [1.82, 2.24) is 10.3 Å². The van der Waals surface area contributed by atoms with Crippen LogP contribution in [0.1, 0.15) is 85.4 Å². The molecule has 0 radical (unpaired) electrons. The maximum Gasteiger partial charge on any atom is 0.268 e. The van der Waals surface area contributed by atoms with Crippen LogP contribution in [0.2, 0.25) is 0 Å². The Kier molecular flexibility index (Phi) is 7.52. The third-order valence-electron chi connectivity index (χ3n) is 6.51. The summed E-state index contributed by atoms with van der Waals surface area (Å²) in [6, 6.07) is 4.87. The number of amides is 2. The van der Waals surface area contributed by atoms with E-state index >= 15 is 0 Å². The van der Waals surface area contributed by atoms with Gasteiger partial charge in [-0.2, -0.15) is 0 Å². The zero-order valence-corrected chi connectivity index (χ0v) is 20.6. The van der Waals surface area contributed by atoms with Crippen molar-refractivity contribution in [3.8, 4) is 5.75 Å². The highest BCUT2D eigenvalue weighted by Gasteiger charge is 2.36. The SMILES string of the molecule is CCCCC(NC(=O)c1[nH]c2c(c1C)C(O)CC(C)(C)C2)C(=O)Nc1c(C)cccc1OC. The average Bonchev–Trinajstić information content (AvgIpc) is 3.07. The minimum atomic E-state index is -0.692. The summed E-state index contributed by atoms with van der Waals surface area (Å²) in [4.78, 5) is 29.7. The highest BCUT2D eigenvalue weighted by atomic mass is 16.5. The van der Waals surface area contributed by atoms with Crippen LogP contribution in [0.4, 0.5) is 5.69 Å².